The van der Waals surface area contributed by atoms with Crippen LogP contribution in [0.5, 0.6) is 0 Å². The Balaban J connectivity index is 1.37. The lowest BCUT2D eigenvalue weighted by Gasteiger charge is -2.29. The van der Waals surface area contributed by atoms with E-state index in [-0.39, 0.29) is 5.92 Å². The summed E-state index contributed by atoms with van der Waals surface area (Å²) in [4.78, 5) is 17.2. The number of nitrogens with zero attached hydrogens (tertiary/aromatic N) is 1. The number of benzene rings is 1. The van der Waals surface area contributed by atoms with Crippen molar-refractivity contribution in [3.63, 3.8) is 0 Å². The maximum absolute atomic E-state index is 13.3. The SMILES string of the molecule is O=C([C@H]1C[C@H]1c1ccccc1)N(CC[NH+]1CCCC1)C[C@@H]1CC=CCC1. The molecule has 0 aromatic heterocycles. The minimum Gasteiger partial charge on any atom is -0.337 e. The van der Waals surface area contributed by atoms with E-state index in [2.05, 4.69) is 47.4 Å². The molecule has 1 saturated carbocycles. The summed E-state index contributed by atoms with van der Waals surface area (Å²) in [6.07, 6.45) is 11.9. The molecule has 0 radical (unpaired) electrons. The first-order valence-electron chi connectivity index (χ1n) is 10.6. The van der Waals surface area contributed by atoms with Gasteiger partial charge in [-0.15, -0.1) is 0 Å². The van der Waals surface area contributed by atoms with E-state index in [1.54, 1.807) is 4.90 Å². The molecule has 26 heavy (non-hydrogen) atoms. The third-order valence-corrected chi connectivity index (χ3v) is 6.55. The number of rotatable bonds is 7. The molecule has 1 aromatic carbocycles. The Labute approximate surface area is 158 Å². The number of hydrogen-bond acceptors (Lipinski definition) is 1. The molecule has 0 unspecified atom stereocenters. The zero-order chi connectivity index (χ0) is 17.8. The molecule has 140 valence electrons. The largest absolute Gasteiger partial charge is 0.337 e. The van der Waals surface area contributed by atoms with Crippen molar-refractivity contribution >= 4 is 5.91 Å². The van der Waals surface area contributed by atoms with Gasteiger partial charge >= 0.3 is 0 Å². The number of allylic oxidation sites excluding steroid dienone is 2. The molecule has 3 nitrogen and oxygen atoms in total. The molecule has 1 saturated heterocycles. The average molecular weight is 354 g/mol. The second-order valence-electron chi connectivity index (χ2n) is 8.50. The second-order valence-corrected chi connectivity index (χ2v) is 8.50. The molecule has 1 aromatic rings. The molecular weight excluding hydrogens is 320 g/mol. The van der Waals surface area contributed by atoms with E-state index >= 15 is 0 Å². The molecule has 0 bridgehead atoms. The topological polar surface area (TPSA) is 24.8 Å². The Morgan fingerprint density at radius 3 is 2.65 bits per heavy atom. The molecule has 4 rings (SSSR count). The predicted molar refractivity (Wildman–Crippen MR) is 105 cm³/mol. The van der Waals surface area contributed by atoms with Gasteiger partial charge in [-0.25, -0.2) is 0 Å². The number of carbonyl (C=O) groups excluding carboxylic acids is 1. The van der Waals surface area contributed by atoms with Crippen LogP contribution in [0.4, 0.5) is 0 Å². The summed E-state index contributed by atoms with van der Waals surface area (Å²) in [5.74, 6) is 1.76. The summed E-state index contributed by atoms with van der Waals surface area (Å²) in [6, 6.07) is 10.6. The van der Waals surface area contributed by atoms with Gasteiger partial charge in [0.2, 0.25) is 5.91 Å². The Morgan fingerprint density at radius 2 is 1.92 bits per heavy atom. The second kappa shape index (κ2) is 8.39. The normalized spacial score (nSPS) is 28.2. The maximum Gasteiger partial charge on any atom is 0.226 e. The van der Waals surface area contributed by atoms with Gasteiger partial charge in [0.1, 0.15) is 0 Å². The van der Waals surface area contributed by atoms with Crippen molar-refractivity contribution in [3.8, 4) is 0 Å². The number of quaternary nitrogens is 1. The fraction of sp³-hybridized carbons (Fsp3) is 0.609. The summed E-state index contributed by atoms with van der Waals surface area (Å²) in [6.45, 7) is 5.65. The highest BCUT2D eigenvalue weighted by molar-refractivity contribution is 5.83. The van der Waals surface area contributed by atoms with Crippen LogP contribution in [0.25, 0.3) is 0 Å². The van der Waals surface area contributed by atoms with E-state index < -0.39 is 0 Å². The highest BCUT2D eigenvalue weighted by atomic mass is 16.2. The van der Waals surface area contributed by atoms with Crippen LogP contribution >= 0.6 is 0 Å². The van der Waals surface area contributed by atoms with E-state index in [0.717, 1.165) is 32.5 Å². The molecule has 1 amide bonds. The van der Waals surface area contributed by atoms with Crippen LogP contribution in [-0.4, -0.2) is 43.5 Å². The minimum atomic E-state index is 0.227. The molecule has 3 aliphatic rings. The predicted octanol–water partition coefficient (Wildman–Crippen LogP) is 2.65. The van der Waals surface area contributed by atoms with Gasteiger partial charge in [0.25, 0.3) is 0 Å². The van der Waals surface area contributed by atoms with Gasteiger partial charge in [0.05, 0.1) is 26.2 Å². The monoisotopic (exact) mass is 353 g/mol. The van der Waals surface area contributed by atoms with Crippen molar-refractivity contribution in [1.29, 1.82) is 0 Å². The molecule has 2 fully saturated rings. The van der Waals surface area contributed by atoms with Crippen molar-refractivity contribution < 1.29 is 9.69 Å². The first-order chi connectivity index (χ1) is 12.8. The quantitative estimate of drug-likeness (QED) is 0.749. The van der Waals surface area contributed by atoms with Crippen LogP contribution in [0.3, 0.4) is 0 Å². The summed E-state index contributed by atoms with van der Waals surface area (Å²) >= 11 is 0. The minimum absolute atomic E-state index is 0.227. The van der Waals surface area contributed by atoms with E-state index in [1.807, 2.05) is 0 Å². The molecule has 1 N–H and O–H groups in total. The lowest BCUT2D eigenvalue weighted by Crippen LogP contribution is -3.10. The third kappa shape index (κ3) is 4.37. The molecule has 0 spiro atoms. The number of hydrogen-bond donors (Lipinski definition) is 1. The maximum atomic E-state index is 13.3. The fourth-order valence-corrected chi connectivity index (χ4v) is 4.81. The number of nitrogens with one attached hydrogen (secondary N) is 1. The van der Waals surface area contributed by atoms with Gasteiger partial charge in [-0.3, -0.25) is 4.79 Å². The molecule has 3 heteroatoms. The molecule has 1 heterocycles. The number of likely N-dealkylation sites (tertiary alicyclic amines) is 1. The third-order valence-electron chi connectivity index (χ3n) is 6.55. The van der Waals surface area contributed by atoms with E-state index in [4.69, 9.17) is 0 Å². The Morgan fingerprint density at radius 1 is 1.12 bits per heavy atom. The van der Waals surface area contributed by atoms with Crippen LogP contribution < -0.4 is 4.90 Å². The average Bonchev–Trinajstić information content (AvgIpc) is 3.33. The van der Waals surface area contributed by atoms with Crippen LogP contribution in [0.15, 0.2) is 42.5 Å². The molecule has 2 aliphatic carbocycles. The summed E-state index contributed by atoms with van der Waals surface area (Å²) < 4.78 is 0. The lowest BCUT2D eigenvalue weighted by atomic mass is 9.93. The van der Waals surface area contributed by atoms with Gasteiger partial charge < -0.3 is 9.80 Å². The van der Waals surface area contributed by atoms with Gasteiger partial charge in [-0.05, 0) is 43.1 Å². The van der Waals surface area contributed by atoms with Crippen molar-refractivity contribution in [2.45, 2.75) is 44.4 Å². The van der Waals surface area contributed by atoms with Crippen LogP contribution in [0.1, 0.15) is 50.0 Å². The van der Waals surface area contributed by atoms with Crippen molar-refractivity contribution in [3.05, 3.63) is 48.0 Å². The van der Waals surface area contributed by atoms with Gasteiger partial charge in [0.15, 0.2) is 0 Å². The molecule has 3 atom stereocenters. The van der Waals surface area contributed by atoms with Crippen LogP contribution in [-0.2, 0) is 4.79 Å². The van der Waals surface area contributed by atoms with Gasteiger partial charge in [0, 0.05) is 25.3 Å². The summed E-state index contributed by atoms with van der Waals surface area (Å²) in [7, 11) is 0. The smallest absolute Gasteiger partial charge is 0.226 e. The fourth-order valence-electron chi connectivity index (χ4n) is 4.81. The van der Waals surface area contributed by atoms with Crippen molar-refractivity contribution in [2.24, 2.45) is 11.8 Å². The van der Waals surface area contributed by atoms with E-state index in [1.165, 1.54) is 44.3 Å². The van der Waals surface area contributed by atoms with E-state index in [0.29, 0.717) is 17.7 Å². The van der Waals surface area contributed by atoms with Crippen LogP contribution in [0.2, 0.25) is 0 Å². The molecular formula is C23H33N2O+. The Bertz CT molecular complexity index is 620. The summed E-state index contributed by atoms with van der Waals surface area (Å²) in [5.41, 5.74) is 1.34. The van der Waals surface area contributed by atoms with E-state index in [9.17, 15) is 4.79 Å². The highest BCUT2D eigenvalue weighted by Gasteiger charge is 2.46. The zero-order valence-electron chi connectivity index (χ0n) is 15.9. The van der Waals surface area contributed by atoms with Gasteiger partial charge in [-0.2, -0.15) is 0 Å². The Kier molecular flexibility index (Phi) is 5.74. The first-order valence-corrected chi connectivity index (χ1v) is 10.6. The van der Waals surface area contributed by atoms with Crippen LogP contribution in [0, 0.1) is 11.8 Å². The number of carbonyl (C=O) groups is 1. The number of amides is 1. The van der Waals surface area contributed by atoms with Gasteiger partial charge in [-0.1, -0.05) is 42.5 Å². The first kappa shape index (κ1) is 17.8. The Hall–Kier alpha value is -1.61. The van der Waals surface area contributed by atoms with Crippen molar-refractivity contribution in [1.82, 2.24) is 4.90 Å². The lowest BCUT2D eigenvalue weighted by molar-refractivity contribution is -0.886. The zero-order valence-corrected chi connectivity index (χ0v) is 15.9. The molecule has 1 aliphatic heterocycles. The van der Waals surface area contributed by atoms with Crippen molar-refractivity contribution in [2.75, 3.05) is 32.7 Å². The highest BCUT2D eigenvalue weighted by Crippen LogP contribution is 2.48. The summed E-state index contributed by atoms with van der Waals surface area (Å²) in [5, 5.41) is 0. The standard InChI is InChI=1S/C23H32N2O/c26-23(22-17-21(22)20-11-5-2-6-12-20)25(16-15-24-13-7-8-14-24)18-19-9-3-1-4-10-19/h1-3,5-6,11-12,19,21-22H,4,7-10,13-18H2/p+1/t19-,21+,22+/m1/s1.